The van der Waals surface area contributed by atoms with Gasteiger partial charge in [0.25, 0.3) is 6.54 Å². The van der Waals surface area contributed by atoms with E-state index in [1.54, 1.807) is 6.26 Å². The van der Waals surface area contributed by atoms with Crippen LogP contribution in [0.5, 0.6) is 0 Å². The van der Waals surface area contributed by atoms with Gasteiger partial charge in [0.2, 0.25) is 0 Å². The number of hydrogen-bond donors (Lipinski definition) is 0. The van der Waals surface area contributed by atoms with Gasteiger partial charge >= 0.3 is 0 Å². The Morgan fingerprint density at radius 3 is 2.91 bits per heavy atom. The molecule has 0 N–H and O–H groups in total. The van der Waals surface area contributed by atoms with Gasteiger partial charge in [0.1, 0.15) is 11.6 Å². The van der Waals surface area contributed by atoms with Gasteiger partial charge in [-0.1, -0.05) is 5.92 Å². The highest BCUT2D eigenvalue weighted by Gasteiger charge is 2.03. The maximum atomic E-state index is 9.99. The van der Waals surface area contributed by atoms with Crippen molar-refractivity contribution in [3.8, 4) is 12.3 Å². The Balaban J connectivity index is 3.96. The molecule has 0 aromatic carbocycles. The van der Waals surface area contributed by atoms with Gasteiger partial charge in [-0.2, -0.15) is 0 Å². The minimum atomic E-state index is -0.425. The highest BCUT2D eigenvalue weighted by molar-refractivity contribution is 8.13. The van der Waals surface area contributed by atoms with E-state index in [1.807, 2.05) is 0 Å². The average Bonchev–Trinajstić information content (AvgIpc) is 1.97. The van der Waals surface area contributed by atoms with Crippen LogP contribution in [0, 0.1) is 22.5 Å². The average molecular weight is 172 g/mol. The first-order chi connectivity index (χ1) is 5.20. The summed E-state index contributed by atoms with van der Waals surface area (Å²) in [5, 5.41) is 10.5. The standard InChI is InChI=1S/C6H8N2O2S/c1-3-4-7-6(11-2)5-8(9)10/h1H,4-5H2,2H3. The summed E-state index contributed by atoms with van der Waals surface area (Å²) in [4.78, 5) is 13.4. The predicted octanol–water partition coefficient (Wildman–Crippen LogP) is 0.658. The molecule has 5 heteroatoms. The Morgan fingerprint density at radius 1 is 1.91 bits per heavy atom. The molecule has 0 rings (SSSR count). The van der Waals surface area contributed by atoms with E-state index in [4.69, 9.17) is 6.42 Å². The van der Waals surface area contributed by atoms with Crippen molar-refractivity contribution in [2.45, 2.75) is 0 Å². The van der Waals surface area contributed by atoms with Crippen molar-refractivity contribution in [1.29, 1.82) is 0 Å². The van der Waals surface area contributed by atoms with E-state index in [-0.39, 0.29) is 13.1 Å². The quantitative estimate of drug-likeness (QED) is 0.206. The minimum absolute atomic E-state index is 0.212. The van der Waals surface area contributed by atoms with E-state index in [0.717, 1.165) is 0 Å². The third-order valence-electron chi connectivity index (χ3n) is 0.847. The summed E-state index contributed by atoms with van der Waals surface area (Å²) in [7, 11) is 0. The smallest absolute Gasteiger partial charge is 0.251 e. The number of hydrogen-bond acceptors (Lipinski definition) is 4. The number of thioether (sulfide) groups is 1. The number of rotatable bonds is 3. The molecule has 0 fully saturated rings. The zero-order chi connectivity index (χ0) is 8.69. The van der Waals surface area contributed by atoms with Crippen LogP contribution in [0.1, 0.15) is 0 Å². The normalized spacial score (nSPS) is 10.7. The molecule has 60 valence electrons. The predicted molar refractivity (Wildman–Crippen MR) is 46.5 cm³/mol. The van der Waals surface area contributed by atoms with E-state index in [1.165, 1.54) is 11.8 Å². The van der Waals surface area contributed by atoms with Gasteiger partial charge in [-0.25, -0.2) is 0 Å². The van der Waals surface area contributed by atoms with Gasteiger partial charge in [-0.3, -0.25) is 15.1 Å². The Bertz CT molecular complexity index is 207. The summed E-state index contributed by atoms with van der Waals surface area (Å²) in [6, 6.07) is 0. The van der Waals surface area contributed by atoms with E-state index in [9.17, 15) is 10.1 Å². The number of nitrogens with zero attached hydrogens (tertiary/aromatic N) is 2. The van der Waals surface area contributed by atoms with Crippen LogP contribution in [-0.4, -0.2) is 29.3 Å². The van der Waals surface area contributed by atoms with E-state index >= 15 is 0 Å². The van der Waals surface area contributed by atoms with Crippen molar-refractivity contribution < 1.29 is 4.92 Å². The van der Waals surface area contributed by atoms with Gasteiger partial charge in [0, 0.05) is 4.92 Å². The van der Waals surface area contributed by atoms with Crippen molar-refractivity contribution in [3.05, 3.63) is 10.1 Å². The molecule has 0 spiro atoms. The third-order valence-corrected chi connectivity index (χ3v) is 1.58. The molecule has 0 unspecified atom stereocenters. The molecular weight excluding hydrogens is 164 g/mol. The molecule has 0 saturated heterocycles. The fraction of sp³-hybridized carbons (Fsp3) is 0.500. The summed E-state index contributed by atoms with van der Waals surface area (Å²) < 4.78 is 0. The molecule has 0 aliphatic carbocycles. The first-order valence-electron chi connectivity index (χ1n) is 2.83. The summed E-state index contributed by atoms with van der Waals surface area (Å²) in [5.74, 6) is 2.28. The largest absolute Gasteiger partial charge is 0.264 e. The number of terminal acetylenes is 1. The number of nitro groups is 1. The molecule has 0 aliphatic heterocycles. The molecule has 0 aliphatic rings. The van der Waals surface area contributed by atoms with E-state index in [2.05, 4.69) is 10.9 Å². The summed E-state index contributed by atoms with van der Waals surface area (Å²) in [6.45, 7) is -0.0210. The van der Waals surface area contributed by atoms with Crippen molar-refractivity contribution in [3.63, 3.8) is 0 Å². The Kier molecular flexibility index (Phi) is 5.21. The summed E-state index contributed by atoms with van der Waals surface area (Å²) >= 11 is 1.25. The molecule has 0 saturated carbocycles. The van der Waals surface area contributed by atoms with Crippen LogP contribution in [0.2, 0.25) is 0 Å². The topological polar surface area (TPSA) is 55.5 Å². The second-order valence-corrected chi connectivity index (χ2v) is 2.49. The summed E-state index contributed by atoms with van der Waals surface area (Å²) in [6.07, 6.45) is 6.66. The lowest BCUT2D eigenvalue weighted by molar-refractivity contribution is -0.462. The number of aliphatic imine (C=N–C) groups is 1. The van der Waals surface area contributed by atoms with Gasteiger partial charge < -0.3 is 0 Å². The lowest BCUT2D eigenvalue weighted by Gasteiger charge is -1.94. The first-order valence-corrected chi connectivity index (χ1v) is 4.05. The fourth-order valence-corrected chi connectivity index (χ4v) is 0.852. The Morgan fingerprint density at radius 2 is 2.55 bits per heavy atom. The van der Waals surface area contributed by atoms with Gasteiger partial charge in [0.15, 0.2) is 0 Å². The summed E-state index contributed by atoms with van der Waals surface area (Å²) in [5.41, 5.74) is 0. The third kappa shape index (κ3) is 5.43. The molecule has 0 bridgehead atoms. The van der Waals surface area contributed by atoms with Crippen LogP contribution < -0.4 is 0 Å². The van der Waals surface area contributed by atoms with Crippen LogP contribution >= 0.6 is 11.8 Å². The van der Waals surface area contributed by atoms with Crippen LogP contribution in [0.3, 0.4) is 0 Å². The van der Waals surface area contributed by atoms with Crippen molar-refractivity contribution in [1.82, 2.24) is 0 Å². The van der Waals surface area contributed by atoms with Gasteiger partial charge in [-0.15, -0.1) is 18.2 Å². The molecule has 0 atom stereocenters. The van der Waals surface area contributed by atoms with E-state index < -0.39 is 4.92 Å². The molecule has 4 nitrogen and oxygen atoms in total. The second kappa shape index (κ2) is 5.74. The molecule has 0 heterocycles. The molecule has 11 heavy (non-hydrogen) atoms. The molecule has 0 radical (unpaired) electrons. The van der Waals surface area contributed by atoms with Crippen LogP contribution in [-0.2, 0) is 0 Å². The van der Waals surface area contributed by atoms with Crippen molar-refractivity contribution >= 4 is 16.8 Å². The maximum absolute atomic E-state index is 9.99. The van der Waals surface area contributed by atoms with E-state index in [0.29, 0.717) is 5.04 Å². The van der Waals surface area contributed by atoms with Crippen LogP contribution in [0.15, 0.2) is 4.99 Å². The zero-order valence-electron chi connectivity index (χ0n) is 6.11. The SMILES string of the molecule is C#CCN=C(C[N+](=O)[O-])SC. The van der Waals surface area contributed by atoms with Crippen molar-refractivity contribution in [2.24, 2.45) is 4.99 Å². The molecular formula is C6H8N2O2S. The molecule has 0 aromatic heterocycles. The highest BCUT2D eigenvalue weighted by atomic mass is 32.2. The highest BCUT2D eigenvalue weighted by Crippen LogP contribution is 1.97. The van der Waals surface area contributed by atoms with Crippen LogP contribution in [0.4, 0.5) is 0 Å². The Labute approximate surface area is 69.2 Å². The second-order valence-electron chi connectivity index (χ2n) is 1.61. The lowest BCUT2D eigenvalue weighted by atomic mass is 10.6. The first kappa shape index (κ1) is 9.98. The lowest BCUT2D eigenvalue weighted by Crippen LogP contribution is -2.10. The zero-order valence-corrected chi connectivity index (χ0v) is 6.93. The monoisotopic (exact) mass is 172 g/mol. The molecule has 0 aromatic rings. The molecule has 0 amide bonds. The van der Waals surface area contributed by atoms with Crippen molar-refractivity contribution in [2.75, 3.05) is 19.3 Å². The minimum Gasteiger partial charge on any atom is -0.264 e. The maximum Gasteiger partial charge on any atom is 0.251 e. The fourth-order valence-electron chi connectivity index (χ4n) is 0.423. The van der Waals surface area contributed by atoms with Gasteiger partial charge in [0.05, 0.1) is 0 Å². The van der Waals surface area contributed by atoms with Gasteiger partial charge in [-0.05, 0) is 6.26 Å². The van der Waals surface area contributed by atoms with Crippen LogP contribution in [0.25, 0.3) is 0 Å². The Hall–Kier alpha value is -1.02.